The fraction of sp³-hybridized carbons (Fsp3) is 0.636. The van der Waals surface area contributed by atoms with Crippen LogP contribution in [0.2, 0.25) is 0 Å². The SMILES string of the molecule is CC(=O)/C=C(\[O-])C(=O)O.CC(=O)/C=C(\[O-])C(=O)O.NC1CCCCC1N.NC1CCCCC1N.[Pt+2]. The number of ketones is 2. The van der Waals surface area contributed by atoms with Crippen LogP contribution < -0.4 is 33.1 Å². The van der Waals surface area contributed by atoms with Gasteiger partial charge in [0.2, 0.25) is 0 Å². The van der Waals surface area contributed by atoms with Gasteiger partial charge in [-0.05, 0) is 63.2 Å². The van der Waals surface area contributed by atoms with Gasteiger partial charge in [-0.25, -0.2) is 9.59 Å². The maximum atomic E-state index is 10.1. The number of nitrogens with two attached hydrogens (primary N) is 4. The van der Waals surface area contributed by atoms with Crippen molar-refractivity contribution in [3.63, 3.8) is 0 Å². The molecular formula is C22H38N4O8Pt. The van der Waals surface area contributed by atoms with Crippen molar-refractivity contribution in [1.29, 1.82) is 0 Å². The van der Waals surface area contributed by atoms with Crippen molar-refractivity contribution < 1.29 is 60.7 Å². The van der Waals surface area contributed by atoms with E-state index in [0.29, 0.717) is 12.2 Å². The van der Waals surface area contributed by atoms with E-state index in [1.165, 1.54) is 25.7 Å². The first-order chi connectivity index (χ1) is 15.7. The molecule has 4 atom stereocenters. The summed E-state index contributed by atoms with van der Waals surface area (Å²) in [5.74, 6) is -6.68. The summed E-state index contributed by atoms with van der Waals surface area (Å²) in [5, 5.41) is 36.0. The normalized spacial score (nSPS) is 23.8. The predicted octanol–water partition coefficient (Wildman–Crippen LogP) is -1.76. The molecule has 0 aromatic heterocycles. The number of carbonyl (C=O) groups is 4. The Morgan fingerprint density at radius 3 is 0.914 bits per heavy atom. The molecule has 0 radical (unpaired) electrons. The molecule has 0 amide bonds. The molecule has 2 saturated carbocycles. The monoisotopic (exact) mass is 681 g/mol. The van der Waals surface area contributed by atoms with Gasteiger partial charge in [0, 0.05) is 24.2 Å². The van der Waals surface area contributed by atoms with Crippen molar-refractivity contribution in [1.82, 2.24) is 0 Å². The third kappa shape index (κ3) is 22.1. The van der Waals surface area contributed by atoms with E-state index in [2.05, 4.69) is 0 Å². The van der Waals surface area contributed by atoms with Gasteiger partial charge in [0.15, 0.2) is 11.6 Å². The van der Waals surface area contributed by atoms with Crippen LogP contribution in [-0.4, -0.2) is 57.9 Å². The van der Waals surface area contributed by atoms with Crippen LogP contribution in [0.1, 0.15) is 65.2 Å². The van der Waals surface area contributed by atoms with Crippen LogP contribution in [0.3, 0.4) is 0 Å². The van der Waals surface area contributed by atoms with Crippen LogP contribution in [0, 0.1) is 0 Å². The van der Waals surface area contributed by atoms with Crippen LogP contribution in [0.4, 0.5) is 0 Å². The van der Waals surface area contributed by atoms with Crippen LogP contribution in [0.15, 0.2) is 23.7 Å². The Balaban J connectivity index is -0.000000387. The second kappa shape index (κ2) is 21.2. The summed E-state index contributed by atoms with van der Waals surface area (Å²) >= 11 is 0. The van der Waals surface area contributed by atoms with Gasteiger partial charge in [0.05, 0.1) is 0 Å². The zero-order valence-electron chi connectivity index (χ0n) is 20.1. The van der Waals surface area contributed by atoms with E-state index in [9.17, 15) is 29.4 Å². The van der Waals surface area contributed by atoms with Crippen LogP contribution in [0.25, 0.3) is 0 Å². The molecule has 204 valence electrons. The summed E-state index contributed by atoms with van der Waals surface area (Å²) in [6.07, 6.45) is 10.7. The minimum absolute atomic E-state index is 0. The van der Waals surface area contributed by atoms with Crippen molar-refractivity contribution >= 4 is 23.5 Å². The van der Waals surface area contributed by atoms with E-state index in [1.54, 1.807) is 0 Å². The molecule has 2 rings (SSSR count). The first kappa shape index (κ1) is 37.4. The summed E-state index contributed by atoms with van der Waals surface area (Å²) in [7, 11) is 0. The van der Waals surface area contributed by atoms with Gasteiger partial charge in [-0.3, -0.25) is 9.59 Å². The van der Waals surface area contributed by atoms with Gasteiger partial charge in [0.25, 0.3) is 0 Å². The molecule has 2 aliphatic carbocycles. The summed E-state index contributed by atoms with van der Waals surface area (Å²) in [6.45, 7) is 2.22. The second-order valence-corrected chi connectivity index (χ2v) is 8.07. The molecule has 12 nitrogen and oxygen atoms in total. The molecule has 0 spiro atoms. The maximum absolute atomic E-state index is 10.1. The van der Waals surface area contributed by atoms with Crippen molar-refractivity contribution in [2.24, 2.45) is 22.9 Å². The van der Waals surface area contributed by atoms with E-state index in [0.717, 1.165) is 39.5 Å². The number of allylic oxidation sites excluding steroid dienone is 2. The molecule has 2 aliphatic rings. The number of hydrogen-bond acceptors (Lipinski definition) is 10. The fourth-order valence-electron chi connectivity index (χ4n) is 2.87. The van der Waals surface area contributed by atoms with Gasteiger partial charge in [0.1, 0.15) is 0 Å². The zero-order chi connectivity index (χ0) is 26.8. The second-order valence-electron chi connectivity index (χ2n) is 8.07. The largest absolute Gasteiger partial charge is 2.00 e. The van der Waals surface area contributed by atoms with Crippen molar-refractivity contribution in [3.8, 4) is 0 Å². The molecule has 35 heavy (non-hydrogen) atoms. The number of carboxylic acid groups (broad SMARTS) is 2. The third-order valence-corrected chi connectivity index (χ3v) is 4.84. The minimum atomic E-state index is -1.61. The molecule has 10 N–H and O–H groups in total. The summed E-state index contributed by atoms with van der Waals surface area (Å²) in [6, 6.07) is 1.12. The summed E-state index contributed by atoms with van der Waals surface area (Å²) in [5.41, 5.74) is 22.6. The first-order valence-corrected chi connectivity index (χ1v) is 11.0. The van der Waals surface area contributed by atoms with E-state index in [-0.39, 0.29) is 45.2 Å². The molecule has 13 heteroatoms. The Kier molecular flexibility index (Phi) is 22.7. The minimum Gasteiger partial charge on any atom is -0.868 e. The Hall–Kier alpha value is -2.11. The zero-order valence-corrected chi connectivity index (χ0v) is 22.4. The smallest absolute Gasteiger partial charge is 0.868 e. The Bertz CT molecular complexity index is 650. The van der Waals surface area contributed by atoms with E-state index >= 15 is 0 Å². The van der Waals surface area contributed by atoms with E-state index in [4.69, 9.17) is 33.1 Å². The maximum Gasteiger partial charge on any atom is 2.00 e. The van der Waals surface area contributed by atoms with Crippen molar-refractivity contribution in [2.75, 3.05) is 0 Å². The topological polar surface area (TPSA) is 259 Å². The summed E-state index contributed by atoms with van der Waals surface area (Å²) in [4.78, 5) is 39.4. The Morgan fingerprint density at radius 2 is 0.829 bits per heavy atom. The molecule has 0 aromatic carbocycles. The van der Waals surface area contributed by atoms with Gasteiger partial charge in [-0.2, -0.15) is 0 Å². The third-order valence-electron chi connectivity index (χ3n) is 4.84. The van der Waals surface area contributed by atoms with E-state index < -0.39 is 35.0 Å². The number of hydrogen-bond donors (Lipinski definition) is 6. The predicted molar refractivity (Wildman–Crippen MR) is 122 cm³/mol. The molecule has 0 heterocycles. The van der Waals surface area contributed by atoms with Gasteiger partial charge < -0.3 is 43.4 Å². The molecular weight excluding hydrogens is 643 g/mol. The average molecular weight is 682 g/mol. The Morgan fingerprint density at radius 1 is 0.629 bits per heavy atom. The summed E-state index contributed by atoms with van der Waals surface area (Å²) < 4.78 is 0. The quantitative estimate of drug-likeness (QED) is 0.142. The van der Waals surface area contributed by atoms with Crippen LogP contribution >= 0.6 is 0 Å². The molecule has 0 saturated heterocycles. The number of carbonyl (C=O) groups excluding carboxylic acids is 2. The molecule has 0 bridgehead atoms. The van der Waals surface area contributed by atoms with Crippen molar-refractivity contribution in [2.45, 2.75) is 89.4 Å². The fourth-order valence-corrected chi connectivity index (χ4v) is 2.87. The number of rotatable bonds is 4. The Labute approximate surface area is 220 Å². The van der Waals surface area contributed by atoms with E-state index in [1.807, 2.05) is 0 Å². The van der Waals surface area contributed by atoms with Crippen LogP contribution in [0.5, 0.6) is 0 Å². The first-order valence-electron chi connectivity index (χ1n) is 11.0. The number of carboxylic acids is 2. The van der Waals surface area contributed by atoms with Crippen LogP contribution in [-0.2, 0) is 40.2 Å². The average Bonchev–Trinajstić information content (AvgIpc) is 2.73. The molecule has 2 fully saturated rings. The number of aliphatic carboxylic acids is 2. The molecule has 0 aliphatic heterocycles. The van der Waals surface area contributed by atoms with Gasteiger partial charge in [-0.15, -0.1) is 0 Å². The van der Waals surface area contributed by atoms with Gasteiger partial charge in [-0.1, -0.05) is 25.7 Å². The molecule has 4 unspecified atom stereocenters. The van der Waals surface area contributed by atoms with Gasteiger partial charge >= 0.3 is 33.0 Å². The van der Waals surface area contributed by atoms with Crippen molar-refractivity contribution in [3.05, 3.63) is 23.7 Å². The standard InChI is InChI=1S/2C6H14N2.2C5H6O4.Pt/c2*7-5-3-1-2-4-6(5)8;2*1-3(6)2-4(7)5(8)9;/h2*5-6H,1-4,7-8H2;2*2,7H,1H3,(H,8,9);/q;;;;+2/p-2/b;;2*4-2-;. The molecule has 0 aromatic rings.